The Kier molecular flexibility index (Phi) is 2.85. The molecule has 0 saturated heterocycles. The maximum Gasteiger partial charge on any atom is 0.203 e. The van der Waals surface area contributed by atoms with Crippen LogP contribution in [0.4, 0.5) is 4.39 Å². The van der Waals surface area contributed by atoms with E-state index in [-0.39, 0.29) is 5.82 Å². The minimum atomic E-state index is -0.318. The van der Waals surface area contributed by atoms with Crippen LogP contribution in [0.1, 0.15) is 5.82 Å². The largest absolute Gasteiger partial charge is 0.207 e. The molecule has 76 valence electrons. The molecule has 0 amide bonds. The molecule has 0 aliphatic heterocycles. The molecular formula is C9H6FIN4. The van der Waals surface area contributed by atoms with Gasteiger partial charge in [-0.2, -0.15) is 0 Å². The van der Waals surface area contributed by atoms with Gasteiger partial charge in [0.25, 0.3) is 0 Å². The summed E-state index contributed by atoms with van der Waals surface area (Å²) >= 11 is 2.03. The average Bonchev–Trinajstić information content (AvgIpc) is 2.17. The normalized spacial score (nSPS) is 10.3. The van der Waals surface area contributed by atoms with Gasteiger partial charge in [-0.1, -0.05) is 0 Å². The first-order valence-corrected chi connectivity index (χ1v) is 5.23. The van der Waals surface area contributed by atoms with E-state index in [1.54, 1.807) is 13.0 Å². The summed E-state index contributed by atoms with van der Waals surface area (Å²) in [5.74, 6) is 0.504. The zero-order chi connectivity index (χ0) is 10.8. The zero-order valence-corrected chi connectivity index (χ0v) is 9.93. The fraction of sp³-hybridized carbons (Fsp3) is 0.111. The number of halogens is 2. The highest BCUT2D eigenvalue weighted by molar-refractivity contribution is 14.1. The maximum atomic E-state index is 13.1. The smallest absolute Gasteiger partial charge is 0.203 e. The van der Waals surface area contributed by atoms with E-state index in [9.17, 15) is 4.39 Å². The van der Waals surface area contributed by atoms with Crippen molar-refractivity contribution in [2.24, 2.45) is 0 Å². The van der Waals surface area contributed by atoms with Gasteiger partial charge in [-0.25, -0.2) is 4.39 Å². The third-order valence-corrected chi connectivity index (χ3v) is 2.32. The number of benzene rings is 1. The molecule has 0 bridgehead atoms. The molecule has 0 fully saturated rings. The van der Waals surface area contributed by atoms with Gasteiger partial charge < -0.3 is 0 Å². The van der Waals surface area contributed by atoms with Crippen LogP contribution < -0.4 is 0 Å². The van der Waals surface area contributed by atoms with Crippen molar-refractivity contribution in [3.8, 4) is 11.4 Å². The van der Waals surface area contributed by atoms with Crippen LogP contribution in [0.5, 0.6) is 0 Å². The number of hydrogen-bond donors (Lipinski definition) is 0. The van der Waals surface area contributed by atoms with Crippen molar-refractivity contribution in [1.29, 1.82) is 0 Å². The minimum absolute atomic E-state index is 0.318. The van der Waals surface area contributed by atoms with Gasteiger partial charge in [-0.05, 0) is 47.7 Å². The van der Waals surface area contributed by atoms with Crippen LogP contribution in [0.15, 0.2) is 18.2 Å². The number of aromatic nitrogens is 4. The fourth-order valence-electron chi connectivity index (χ4n) is 1.08. The number of nitrogens with zero attached hydrogens (tertiary/aromatic N) is 4. The molecule has 0 spiro atoms. The van der Waals surface area contributed by atoms with E-state index in [4.69, 9.17) is 0 Å². The topological polar surface area (TPSA) is 51.6 Å². The first-order valence-electron chi connectivity index (χ1n) is 4.15. The molecule has 2 aromatic rings. The van der Waals surface area contributed by atoms with Crippen LogP contribution in [0.3, 0.4) is 0 Å². The van der Waals surface area contributed by atoms with Crippen molar-refractivity contribution in [2.45, 2.75) is 6.92 Å². The second-order valence-electron chi connectivity index (χ2n) is 2.93. The third-order valence-electron chi connectivity index (χ3n) is 1.70. The monoisotopic (exact) mass is 316 g/mol. The fourth-order valence-corrected chi connectivity index (χ4v) is 1.71. The zero-order valence-electron chi connectivity index (χ0n) is 7.78. The minimum Gasteiger partial charge on any atom is -0.207 e. The van der Waals surface area contributed by atoms with Crippen LogP contribution in [-0.4, -0.2) is 20.4 Å². The Morgan fingerprint density at radius 2 is 1.73 bits per heavy atom. The Hall–Kier alpha value is -1.18. The van der Waals surface area contributed by atoms with Gasteiger partial charge in [0.15, 0.2) is 5.82 Å². The van der Waals surface area contributed by atoms with E-state index in [0.717, 1.165) is 3.57 Å². The van der Waals surface area contributed by atoms with Crippen molar-refractivity contribution in [1.82, 2.24) is 20.4 Å². The molecule has 1 aromatic carbocycles. The lowest BCUT2D eigenvalue weighted by atomic mass is 10.2. The highest BCUT2D eigenvalue weighted by Gasteiger charge is 2.05. The predicted molar refractivity (Wildman–Crippen MR) is 60.5 cm³/mol. The SMILES string of the molecule is Cc1nnc(-c2cc(F)cc(I)c2)nn1. The molecule has 4 nitrogen and oxygen atoms in total. The molecule has 0 radical (unpaired) electrons. The summed E-state index contributed by atoms with van der Waals surface area (Å²) in [5, 5.41) is 15.2. The Morgan fingerprint density at radius 3 is 2.33 bits per heavy atom. The maximum absolute atomic E-state index is 13.1. The second-order valence-corrected chi connectivity index (χ2v) is 4.17. The van der Waals surface area contributed by atoms with Crippen molar-refractivity contribution in [2.75, 3.05) is 0 Å². The predicted octanol–water partition coefficient (Wildman–Crippen LogP) is 1.99. The van der Waals surface area contributed by atoms with E-state index in [1.807, 2.05) is 22.6 Å². The lowest BCUT2D eigenvalue weighted by Crippen LogP contribution is -1.99. The average molecular weight is 316 g/mol. The molecule has 0 unspecified atom stereocenters. The van der Waals surface area contributed by atoms with E-state index in [1.165, 1.54) is 12.1 Å². The lowest BCUT2D eigenvalue weighted by molar-refractivity contribution is 0.627. The molecule has 0 aliphatic rings. The summed E-state index contributed by atoms with van der Waals surface area (Å²) in [6, 6.07) is 4.56. The van der Waals surface area contributed by atoms with E-state index in [2.05, 4.69) is 20.4 Å². The van der Waals surface area contributed by atoms with Crippen molar-refractivity contribution in [3.63, 3.8) is 0 Å². The van der Waals surface area contributed by atoms with Crippen LogP contribution in [0, 0.1) is 16.3 Å². The molecule has 6 heteroatoms. The summed E-state index contributed by atoms with van der Waals surface area (Å²) < 4.78 is 13.9. The van der Waals surface area contributed by atoms with Gasteiger partial charge in [0, 0.05) is 9.13 Å². The molecule has 0 aliphatic carbocycles. The first-order chi connectivity index (χ1) is 7.15. The third kappa shape index (κ3) is 2.44. The molecule has 15 heavy (non-hydrogen) atoms. The van der Waals surface area contributed by atoms with Gasteiger partial charge in [0.05, 0.1) is 0 Å². The highest BCUT2D eigenvalue weighted by Crippen LogP contribution is 2.18. The van der Waals surface area contributed by atoms with Gasteiger partial charge in [-0.3, -0.25) is 0 Å². The molecule has 2 rings (SSSR count). The summed E-state index contributed by atoms with van der Waals surface area (Å²) in [7, 11) is 0. The molecule has 1 heterocycles. The van der Waals surface area contributed by atoms with E-state index >= 15 is 0 Å². The lowest BCUT2D eigenvalue weighted by Gasteiger charge is -1.99. The van der Waals surface area contributed by atoms with E-state index < -0.39 is 0 Å². The Morgan fingerprint density at radius 1 is 1.07 bits per heavy atom. The van der Waals surface area contributed by atoms with Crippen molar-refractivity contribution in [3.05, 3.63) is 33.4 Å². The first kappa shape index (κ1) is 10.3. The van der Waals surface area contributed by atoms with E-state index in [0.29, 0.717) is 17.2 Å². The molecule has 1 aromatic heterocycles. The quantitative estimate of drug-likeness (QED) is 0.755. The van der Waals surface area contributed by atoms with Crippen molar-refractivity contribution < 1.29 is 4.39 Å². The number of rotatable bonds is 1. The summed E-state index contributed by atoms with van der Waals surface area (Å²) in [4.78, 5) is 0. The van der Waals surface area contributed by atoms with Crippen molar-refractivity contribution >= 4 is 22.6 Å². The van der Waals surface area contributed by atoms with Gasteiger partial charge in [-0.15, -0.1) is 20.4 Å². The second kappa shape index (κ2) is 4.13. The van der Waals surface area contributed by atoms with Crippen LogP contribution in [0.2, 0.25) is 0 Å². The Labute approximate surface area is 99.1 Å². The molecule has 0 N–H and O–H groups in total. The number of hydrogen-bond acceptors (Lipinski definition) is 4. The summed E-state index contributed by atoms with van der Waals surface area (Å²) in [6.45, 7) is 1.69. The number of aryl methyl sites for hydroxylation is 1. The Balaban J connectivity index is 2.49. The summed E-state index contributed by atoms with van der Waals surface area (Å²) in [5.41, 5.74) is 0.583. The standard InChI is InChI=1S/C9H6FIN4/c1-5-12-14-9(15-13-5)6-2-7(10)4-8(11)3-6/h2-4H,1H3. The van der Waals surface area contributed by atoms with Gasteiger partial charge >= 0.3 is 0 Å². The molecular weight excluding hydrogens is 310 g/mol. The molecule has 0 saturated carbocycles. The highest BCUT2D eigenvalue weighted by atomic mass is 127. The van der Waals surface area contributed by atoms with Crippen LogP contribution in [-0.2, 0) is 0 Å². The van der Waals surface area contributed by atoms with Gasteiger partial charge in [0.2, 0.25) is 5.82 Å². The summed E-state index contributed by atoms with van der Waals surface area (Å²) in [6.07, 6.45) is 0. The van der Waals surface area contributed by atoms with Crippen LogP contribution in [0.25, 0.3) is 11.4 Å². The molecule has 0 atom stereocenters. The Bertz CT molecular complexity index is 466. The van der Waals surface area contributed by atoms with Gasteiger partial charge in [0.1, 0.15) is 5.82 Å². The van der Waals surface area contributed by atoms with Crippen LogP contribution >= 0.6 is 22.6 Å².